The summed E-state index contributed by atoms with van der Waals surface area (Å²) in [7, 11) is 4.98. The molecular weight excluding hydrogens is 304 g/mol. The summed E-state index contributed by atoms with van der Waals surface area (Å²) in [6, 6.07) is 6.49. The maximum atomic E-state index is 12.2. The van der Waals surface area contributed by atoms with E-state index in [1.165, 1.54) is 9.58 Å². The Labute approximate surface area is 133 Å². The first-order valence-electron chi connectivity index (χ1n) is 6.63. The zero-order chi connectivity index (χ0) is 16.4. The molecule has 0 radical (unpaired) electrons. The minimum Gasteiger partial charge on any atom is -0.345 e. The van der Waals surface area contributed by atoms with Crippen molar-refractivity contribution in [1.29, 1.82) is 0 Å². The molecule has 6 nitrogen and oxygen atoms in total. The fourth-order valence-corrected chi connectivity index (χ4v) is 2.22. The molecule has 1 heterocycles. The van der Waals surface area contributed by atoms with E-state index in [0.29, 0.717) is 22.0 Å². The number of hydrogen-bond acceptors (Lipinski definition) is 3. The molecule has 2 amide bonds. The molecule has 116 valence electrons. The lowest BCUT2D eigenvalue weighted by atomic mass is 10.1. The van der Waals surface area contributed by atoms with Crippen molar-refractivity contribution in [2.24, 2.45) is 7.05 Å². The van der Waals surface area contributed by atoms with Crippen LogP contribution < -0.4 is 5.32 Å². The van der Waals surface area contributed by atoms with E-state index in [2.05, 4.69) is 10.4 Å². The molecule has 0 aliphatic heterocycles. The third-order valence-corrected chi connectivity index (χ3v) is 3.43. The SMILES string of the molecule is Cc1cc(C(=O)Nc2ccc(Cl)c(C(=O)N(C)C)c2)n(C)n1. The maximum absolute atomic E-state index is 12.2. The highest BCUT2D eigenvalue weighted by Crippen LogP contribution is 2.22. The minimum absolute atomic E-state index is 0.225. The van der Waals surface area contributed by atoms with Crippen LogP contribution in [0.5, 0.6) is 0 Å². The number of carbonyl (C=O) groups excluding carboxylic acids is 2. The third kappa shape index (κ3) is 3.28. The lowest BCUT2D eigenvalue weighted by molar-refractivity contribution is 0.0827. The molecule has 0 fully saturated rings. The molecular formula is C15H17ClN4O2. The highest BCUT2D eigenvalue weighted by atomic mass is 35.5. The van der Waals surface area contributed by atoms with Crippen molar-refractivity contribution < 1.29 is 9.59 Å². The molecule has 22 heavy (non-hydrogen) atoms. The lowest BCUT2D eigenvalue weighted by Gasteiger charge is -2.13. The number of nitrogens with zero attached hydrogens (tertiary/aromatic N) is 3. The molecule has 0 spiro atoms. The molecule has 7 heteroatoms. The van der Waals surface area contributed by atoms with Gasteiger partial charge in [0, 0.05) is 26.8 Å². The Morgan fingerprint density at radius 3 is 2.50 bits per heavy atom. The average Bonchev–Trinajstić information content (AvgIpc) is 2.79. The normalized spacial score (nSPS) is 10.4. The van der Waals surface area contributed by atoms with Crippen molar-refractivity contribution >= 4 is 29.1 Å². The Bertz CT molecular complexity index is 737. The summed E-state index contributed by atoms with van der Waals surface area (Å²) in [5.41, 5.74) is 2.03. The highest BCUT2D eigenvalue weighted by molar-refractivity contribution is 6.34. The Balaban J connectivity index is 2.27. The third-order valence-electron chi connectivity index (χ3n) is 3.10. The monoisotopic (exact) mass is 320 g/mol. The first-order chi connectivity index (χ1) is 10.3. The summed E-state index contributed by atoms with van der Waals surface area (Å²) < 4.78 is 1.51. The summed E-state index contributed by atoms with van der Waals surface area (Å²) in [5, 5.41) is 7.22. The summed E-state index contributed by atoms with van der Waals surface area (Å²) in [4.78, 5) is 25.7. The van der Waals surface area contributed by atoms with Crippen molar-refractivity contribution in [3.63, 3.8) is 0 Å². The molecule has 0 aliphatic rings. The van der Waals surface area contributed by atoms with Crippen LogP contribution in [0.25, 0.3) is 0 Å². The molecule has 1 aromatic carbocycles. The fraction of sp³-hybridized carbons (Fsp3) is 0.267. The number of carbonyl (C=O) groups is 2. The van der Waals surface area contributed by atoms with E-state index in [1.54, 1.807) is 45.4 Å². The first kappa shape index (κ1) is 16.0. The molecule has 0 bridgehead atoms. The van der Waals surface area contributed by atoms with Crippen LogP contribution in [0.2, 0.25) is 5.02 Å². The largest absolute Gasteiger partial charge is 0.345 e. The average molecular weight is 321 g/mol. The quantitative estimate of drug-likeness (QED) is 0.944. The second-order valence-electron chi connectivity index (χ2n) is 5.14. The van der Waals surface area contributed by atoms with E-state index in [0.717, 1.165) is 5.69 Å². The minimum atomic E-state index is -0.298. The van der Waals surface area contributed by atoms with Crippen LogP contribution in [-0.2, 0) is 7.05 Å². The van der Waals surface area contributed by atoms with Gasteiger partial charge in [0.25, 0.3) is 11.8 Å². The van der Waals surface area contributed by atoms with E-state index in [9.17, 15) is 9.59 Å². The van der Waals surface area contributed by atoms with Crippen LogP contribution >= 0.6 is 11.6 Å². The molecule has 2 rings (SSSR count). The predicted molar refractivity (Wildman–Crippen MR) is 85.4 cm³/mol. The van der Waals surface area contributed by atoms with Gasteiger partial charge < -0.3 is 10.2 Å². The molecule has 1 aromatic heterocycles. The van der Waals surface area contributed by atoms with Gasteiger partial charge in [0.2, 0.25) is 0 Å². The summed E-state index contributed by atoms with van der Waals surface area (Å²) >= 11 is 6.04. The van der Waals surface area contributed by atoms with Gasteiger partial charge in [-0.05, 0) is 31.2 Å². The van der Waals surface area contributed by atoms with Crippen molar-refractivity contribution in [2.75, 3.05) is 19.4 Å². The van der Waals surface area contributed by atoms with Gasteiger partial charge in [-0.2, -0.15) is 5.10 Å². The van der Waals surface area contributed by atoms with Crippen LogP contribution in [0.4, 0.5) is 5.69 Å². The number of benzene rings is 1. The molecule has 1 N–H and O–H groups in total. The van der Waals surface area contributed by atoms with Gasteiger partial charge in [0.05, 0.1) is 16.3 Å². The van der Waals surface area contributed by atoms with Crippen LogP contribution in [0.1, 0.15) is 26.5 Å². The number of rotatable bonds is 3. The predicted octanol–water partition coefficient (Wildman–Crippen LogP) is 2.34. The maximum Gasteiger partial charge on any atom is 0.273 e. The smallest absolute Gasteiger partial charge is 0.273 e. The Morgan fingerprint density at radius 1 is 1.27 bits per heavy atom. The zero-order valence-corrected chi connectivity index (χ0v) is 13.6. The van der Waals surface area contributed by atoms with E-state index >= 15 is 0 Å². The lowest BCUT2D eigenvalue weighted by Crippen LogP contribution is -2.22. The second-order valence-corrected chi connectivity index (χ2v) is 5.55. The topological polar surface area (TPSA) is 67.2 Å². The first-order valence-corrected chi connectivity index (χ1v) is 7.00. The van der Waals surface area contributed by atoms with E-state index < -0.39 is 0 Å². The number of hydrogen-bond donors (Lipinski definition) is 1. The number of anilines is 1. The van der Waals surface area contributed by atoms with E-state index in [1.807, 2.05) is 6.92 Å². The van der Waals surface area contributed by atoms with E-state index in [-0.39, 0.29) is 11.8 Å². The van der Waals surface area contributed by atoms with Crippen molar-refractivity contribution in [3.05, 3.63) is 46.2 Å². The number of nitrogens with one attached hydrogen (secondary N) is 1. The summed E-state index contributed by atoms with van der Waals surface area (Å²) in [6.07, 6.45) is 0. The molecule has 0 saturated heterocycles. The summed E-state index contributed by atoms with van der Waals surface area (Å²) in [5.74, 6) is -0.522. The van der Waals surface area contributed by atoms with Crippen molar-refractivity contribution in [1.82, 2.24) is 14.7 Å². The van der Waals surface area contributed by atoms with Gasteiger partial charge >= 0.3 is 0 Å². The summed E-state index contributed by atoms with van der Waals surface area (Å²) in [6.45, 7) is 1.81. The molecule has 2 aromatic rings. The van der Waals surface area contributed by atoms with E-state index in [4.69, 9.17) is 11.6 Å². The van der Waals surface area contributed by atoms with Crippen molar-refractivity contribution in [3.8, 4) is 0 Å². The number of amides is 2. The van der Waals surface area contributed by atoms with Crippen molar-refractivity contribution in [2.45, 2.75) is 6.92 Å². The second kappa shape index (κ2) is 6.19. The molecule has 0 atom stereocenters. The van der Waals surface area contributed by atoms with Gasteiger partial charge in [-0.25, -0.2) is 0 Å². The Morgan fingerprint density at radius 2 is 1.95 bits per heavy atom. The van der Waals surface area contributed by atoms with Crippen LogP contribution in [0, 0.1) is 6.92 Å². The standard InChI is InChI=1S/C15H17ClN4O2/c1-9-7-13(20(4)18-9)14(21)17-10-5-6-12(16)11(8-10)15(22)19(2)3/h5-8H,1-4H3,(H,17,21). The van der Waals surface area contributed by atoms with Gasteiger partial charge in [-0.15, -0.1) is 0 Å². The van der Waals surface area contributed by atoms with Gasteiger partial charge in [0.15, 0.2) is 0 Å². The molecule has 0 aliphatic carbocycles. The number of aromatic nitrogens is 2. The fourth-order valence-electron chi connectivity index (χ4n) is 2.03. The zero-order valence-electron chi connectivity index (χ0n) is 12.8. The van der Waals surface area contributed by atoms with Crippen LogP contribution in [-0.4, -0.2) is 40.6 Å². The number of halogens is 1. The Hall–Kier alpha value is -2.34. The van der Waals surface area contributed by atoms with Gasteiger partial charge in [-0.1, -0.05) is 11.6 Å². The van der Waals surface area contributed by atoms with Gasteiger partial charge in [-0.3, -0.25) is 14.3 Å². The van der Waals surface area contributed by atoms with Crippen LogP contribution in [0.15, 0.2) is 24.3 Å². The molecule has 0 unspecified atom stereocenters. The number of aryl methyl sites for hydroxylation is 2. The van der Waals surface area contributed by atoms with Crippen LogP contribution in [0.3, 0.4) is 0 Å². The molecule has 0 saturated carbocycles. The van der Waals surface area contributed by atoms with Gasteiger partial charge in [0.1, 0.15) is 5.69 Å². The Kier molecular flexibility index (Phi) is 4.51. The highest BCUT2D eigenvalue weighted by Gasteiger charge is 2.16.